The van der Waals surface area contributed by atoms with Crippen LogP contribution in [0.1, 0.15) is 5.56 Å². The van der Waals surface area contributed by atoms with E-state index in [2.05, 4.69) is 0 Å². The predicted molar refractivity (Wildman–Crippen MR) is 115 cm³/mol. The number of aryl methyl sites for hydroxylation is 1. The van der Waals surface area contributed by atoms with Crippen molar-refractivity contribution in [2.45, 2.75) is 13.0 Å². The first kappa shape index (κ1) is 18.7. The van der Waals surface area contributed by atoms with Crippen molar-refractivity contribution in [1.29, 1.82) is 0 Å². The SMILES string of the molecule is COc1ccc(CCn2c(=O)c3ccccc3c3ccccc3c2=O)cc1OC. The van der Waals surface area contributed by atoms with E-state index < -0.39 is 0 Å². The van der Waals surface area contributed by atoms with Gasteiger partial charge in [-0.25, -0.2) is 0 Å². The van der Waals surface area contributed by atoms with E-state index in [9.17, 15) is 9.59 Å². The second-order valence-electron chi connectivity index (χ2n) is 6.79. The van der Waals surface area contributed by atoms with E-state index in [1.807, 2.05) is 54.6 Å². The van der Waals surface area contributed by atoms with Crippen LogP contribution < -0.4 is 20.6 Å². The fourth-order valence-corrected chi connectivity index (χ4v) is 3.67. The number of methoxy groups -OCH3 is 2. The number of aromatic nitrogens is 1. The van der Waals surface area contributed by atoms with E-state index in [4.69, 9.17) is 9.47 Å². The Hall–Kier alpha value is -3.60. The molecule has 3 aromatic carbocycles. The molecule has 0 N–H and O–H groups in total. The van der Waals surface area contributed by atoms with Crippen LogP contribution in [0.3, 0.4) is 0 Å². The van der Waals surface area contributed by atoms with Crippen LogP contribution in [0.5, 0.6) is 11.5 Å². The van der Waals surface area contributed by atoms with Crippen molar-refractivity contribution in [3.63, 3.8) is 0 Å². The zero-order valence-corrected chi connectivity index (χ0v) is 16.3. The van der Waals surface area contributed by atoms with Crippen molar-refractivity contribution < 1.29 is 9.47 Å². The quantitative estimate of drug-likeness (QED) is 0.523. The molecule has 146 valence electrons. The number of benzene rings is 3. The van der Waals surface area contributed by atoms with Crippen LogP contribution in [-0.4, -0.2) is 18.8 Å². The zero-order valence-electron chi connectivity index (χ0n) is 16.3. The van der Waals surface area contributed by atoms with Gasteiger partial charge in [-0.3, -0.25) is 14.2 Å². The summed E-state index contributed by atoms with van der Waals surface area (Å²) < 4.78 is 12.0. The molecule has 4 rings (SSSR count). The molecule has 0 radical (unpaired) electrons. The lowest BCUT2D eigenvalue weighted by atomic mass is 10.1. The molecule has 4 aromatic rings. The number of hydrogen-bond acceptors (Lipinski definition) is 4. The molecule has 0 aliphatic rings. The van der Waals surface area contributed by atoms with Gasteiger partial charge in [-0.15, -0.1) is 0 Å². The maximum Gasteiger partial charge on any atom is 0.261 e. The van der Waals surface area contributed by atoms with E-state index in [1.165, 1.54) is 4.57 Å². The van der Waals surface area contributed by atoms with E-state index >= 15 is 0 Å². The second kappa shape index (κ2) is 7.80. The topological polar surface area (TPSA) is 57.5 Å². The molecule has 29 heavy (non-hydrogen) atoms. The summed E-state index contributed by atoms with van der Waals surface area (Å²) in [7, 11) is 3.17. The third-order valence-corrected chi connectivity index (χ3v) is 5.17. The molecule has 0 unspecified atom stereocenters. The fraction of sp³-hybridized carbons (Fsp3) is 0.167. The van der Waals surface area contributed by atoms with Crippen LogP contribution in [0, 0.1) is 0 Å². The summed E-state index contributed by atoms with van der Waals surface area (Å²) in [5, 5.41) is 2.65. The maximum atomic E-state index is 13.2. The van der Waals surface area contributed by atoms with Gasteiger partial charge in [0.15, 0.2) is 11.5 Å². The van der Waals surface area contributed by atoms with Crippen molar-refractivity contribution in [2.24, 2.45) is 0 Å². The van der Waals surface area contributed by atoms with Gasteiger partial charge in [0.2, 0.25) is 0 Å². The standard InChI is InChI=1S/C24H21NO4/c1-28-21-12-11-16(15-22(21)29-2)13-14-25-23(26)19-9-5-3-7-17(19)18-8-4-6-10-20(18)24(25)27/h3-12,15H,13-14H2,1-2H3. The molecule has 0 saturated carbocycles. The van der Waals surface area contributed by atoms with Crippen molar-refractivity contribution in [1.82, 2.24) is 4.57 Å². The van der Waals surface area contributed by atoms with Gasteiger partial charge in [0.05, 0.1) is 14.2 Å². The normalized spacial score (nSPS) is 11.0. The Kier molecular flexibility index (Phi) is 5.04. The predicted octanol–water partition coefficient (Wildman–Crippen LogP) is 3.77. The molecular formula is C24H21NO4. The summed E-state index contributed by atoms with van der Waals surface area (Å²) in [5.41, 5.74) is 0.402. The van der Waals surface area contributed by atoms with Gasteiger partial charge < -0.3 is 9.47 Å². The zero-order chi connectivity index (χ0) is 20.4. The first-order chi connectivity index (χ1) is 14.1. The smallest absolute Gasteiger partial charge is 0.261 e. The van der Waals surface area contributed by atoms with Crippen LogP contribution in [-0.2, 0) is 13.0 Å². The van der Waals surface area contributed by atoms with Crippen LogP contribution in [0.4, 0.5) is 0 Å². The van der Waals surface area contributed by atoms with Gasteiger partial charge in [0.1, 0.15) is 0 Å². The minimum atomic E-state index is -0.276. The van der Waals surface area contributed by atoms with Gasteiger partial charge >= 0.3 is 0 Å². The van der Waals surface area contributed by atoms with E-state index in [-0.39, 0.29) is 17.7 Å². The lowest BCUT2D eigenvalue weighted by Gasteiger charge is -2.10. The Morgan fingerprint density at radius 2 is 1.21 bits per heavy atom. The molecular weight excluding hydrogens is 366 g/mol. The highest BCUT2D eigenvalue weighted by Crippen LogP contribution is 2.27. The first-order valence-electron chi connectivity index (χ1n) is 9.39. The molecule has 5 nitrogen and oxygen atoms in total. The van der Waals surface area contributed by atoms with Crippen LogP contribution in [0.15, 0.2) is 76.3 Å². The summed E-state index contributed by atoms with van der Waals surface area (Å²) >= 11 is 0. The van der Waals surface area contributed by atoms with Crippen molar-refractivity contribution >= 4 is 21.5 Å². The molecule has 0 atom stereocenters. The monoisotopic (exact) mass is 387 g/mol. The summed E-state index contributed by atoms with van der Waals surface area (Å²) in [5.74, 6) is 1.26. The average molecular weight is 387 g/mol. The van der Waals surface area contributed by atoms with Crippen molar-refractivity contribution in [3.8, 4) is 11.5 Å². The molecule has 1 aromatic heterocycles. The number of rotatable bonds is 5. The molecule has 0 bridgehead atoms. The number of ether oxygens (including phenoxy) is 2. The van der Waals surface area contributed by atoms with Crippen molar-refractivity contribution in [3.05, 3.63) is 93.0 Å². The van der Waals surface area contributed by atoms with Gasteiger partial charge in [0, 0.05) is 17.3 Å². The summed E-state index contributed by atoms with van der Waals surface area (Å²) in [6.07, 6.45) is 0.516. The minimum absolute atomic E-state index is 0.274. The largest absolute Gasteiger partial charge is 0.493 e. The lowest BCUT2D eigenvalue weighted by Crippen LogP contribution is -2.31. The molecule has 0 spiro atoms. The molecule has 5 heteroatoms. The van der Waals surface area contributed by atoms with E-state index in [0.717, 1.165) is 16.3 Å². The Balaban J connectivity index is 1.86. The average Bonchev–Trinajstić information content (AvgIpc) is 2.86. The number of nitrogens with zero attached hydrogens (tertiary/aromatic N) is 1. The fourth-order valence-electron chi connectivity index (χ4n) is 3.67. The Labute approximate surface area is 167 Å². The van der Waals surface area contributed by atoms with Gasteiger partial charge in [-0.2, -0.15) is 0 Å². The van der Waals surface area contributed by atoms with Crippen LogP contribution in [0.2, 0.25) is 0 Å². The highest BCUT2D eigenvalue weighted by molar-refractivity contribution is 6.05. The molecule has 0 aliphatic heterocycles. The molecule has 0 amide bonds. The Morgan fingerprint density at radius 3 is 1.72 bits per heavy atom. The Morgan fingerprint density at radius 1 is 0.690 bits per heavy atom. The maximum absolute atomic E-state index is 13.2. The van der Waals surface area contributed by atoms with Gasteiger partial charge in [-0.1, -0.05) is 42.5 Å². The molecule has 0 saturated heterocycles. The third-order valence-electron chi connectivity index (χ3n) is 5.17. The molecule has 0 aliphatic carbocycles. The van der Waals surface area contributed by atoms with Crippen LogP contribution in [0.25, 0.3) is 21.5 Å². The van der Waals surface area contributed by atoms with Crippen molar-refractivity contribution in [2.75, 3.05) is 14.2 Å². The summed E-state index contributed by atoms with van der Waals surface area (Å²) in [6.45, 7) is 0.274. The molecule has 0 fully saturated rings. The highest BCUT2D eigenvalue weighted by Gasteiger charge is 2.11. The second-order valence-corrected chi connectivity index (χ2v) is 6.79. The summed E-state index contributed by atoms with van der Waals surface area (Å²) in [6, 6.07) is 20.3. The molecule has 1 heterocycles. The number of hydrogen-bond donors (Lipinski definition) is 0. The summed E-state index contributed by atoms with van der Waals surface area (Å²) in [4.78, 5) is 26.4. The first-order valence-corrected chi connectivity index (χ1v) is 9.39. The van der Waals surface area contributed by atoms with E-state index in [1.54, 1.807) is 26.4 Å². The van der Waals surface area contributed by atoms with Gasteiger partial charge in [-0.05, 0) is 47.0 Å². The highest BCUT2D eigenvalue weighted by atomic mass is 16.5. The number of fused-ring (bicyclic) bond motifs is 3. The third kappa shape index (κ3) is 3.36. The lowest BCUT2D eigenvalue weighted by molar-refractivity contribution is 0.354. The van der Waals surface area contributed by atoms with Gasteiger partial charge in [0.25, 0.3) is 11.1 Å². The van der Waals surface area contributed by atoms with E-state index in [0.29, 0.717) is 28.7 Å². The minimum Gasteiger partial charge on any atom is -0.493 e. The van der Waals surface area contributed by atoms with Crippen LogP contribution >= 0.6 is 0 Å². The Bertz CT molecular complexity index is 1250.